The Balaban J connectivity index is 0. The van der Waals surface area contributed by atoms with Crippen molar-refractivity contribution in [1.29, 1.82) is 0 Å². The molecule has 0 aliphatic rings. The Labute approximate surface area is 99.9 Å². The van der Waals surface area contributed by atoms with Crippen LogP contribution in [0.2, 0.25) is 0 Å². The van der Waals surface area contributed by atoms with Crippen LogP contribution in [-0.2, 0) is 9.53 Å². The van der Waals surface area contributed by atoms with Crippen LogP contribution in [0, 0.1) is 0 Å². The van der Waals surface area contributed by atoms with Crippen LogP contribution in [0.5, 0.6) is 0 Å². The SMILES string of the molecule is CCOC(=O)Cl.NCCCCC(N)C(=O)O. The number of aliphatic carboxylic acids is 1. The minimum atomic E-state index is -0.933. The Morgan fingerprint density at radius 3 is 2.25 bits per heavy atom. The topological polar surface area (TPSA) is 116 Å². The first-order chi connectivity index (χ1) is 7.45. The highest BCUT2D eigenvalue weighted by Crippen LogP contribution is 1.96. The normalized spacial score (nSPS) is 11.0. The molecule has 0 aliphatic carbocycles. The Hall–Kier alpha value is -0.850. The molecule has 0 radical (unpaired) electrons. The molecule has 0 saturated heterocycles. The Bertz CT molecular complexity index is 202. The first-order valence-corrected chi connectivity index (χ1v) is 5.34. The van der Waals surface area contributed by atoms with Crippen molar-refractivity contribution in [3.05, 3.63) is 0 Å². The third-order valence-electron chi connectivity index (χ3n) is 1.54. The van der Waals surface area contributed by atoms with Gasteiger partial charge in [-0.15, -0.1) is 0 Å². The highest BCUT2D eigenvalue weighted by molar-refractivity contribution is 6.61. The van der Waals surface area contributed by atoms with Gasteiger partial charge in [0, 0.05) is 11.6 Å². The van der Waals surface area contributed by atoms with Crippen molar-refractivity contribution in [1.82, 2.24) is 0 Å². The number of carbonyl (C=O) groups excluding carboxylic acids is 1. The molecule has 96 valence electrons. The average Bonchev–Trinajstić information content (AvgIpc) is 2.18. The largest absolute Gasteiger partial charge is 0.480 e. The van der Waals surface area contributed by atoms with E-state index in [2.05, 4.69) is 4.74 Å². The van der Waals surface area contributed by atoms with Crippen LogP contribution >= 0.6 is 11.6 Å². The molecule has 1 atom stereocenters. The molecule has 0 bridgehead atoms. The van der Waals surface area contributed by atoms with E-state index in [1.54, 1.807) is 6.92 Å². The number of hydrogen-bond donors (Lipinski definition) is 3. The summed E-state index contributed by atoms with van der Waals surface area (Å²) in [4.78, 5) is 19.7. The molecule has 0 saturated carbocycles. The number of ether oxygens (including phenoxy) is 1. The minimum Gasteiger partial charge on any atom is -0.480 e. The van der Waals surface area contributed by atoms with Crippen LogP contribution in [0.15, 0.2) is 0 Å². The van der Waals surface area contributed by atoms with Gasteiger partial charge in [-0.1, -0.05) is 6.42 Å². The van der Waals surface area contributed by atoms with E-state index in [0.29, 0.717) is 19.6 Å². The second-order valence-electron chi connectivity index (χ2n) is 2.90. The van der Waals surface area contributed by atoms with E-state index in [1.807, 2.05) is 0 Å². The van der Waals surface area contributed by atoms with Crippen LogP contribution in [0.1, 0.15) is 26.2 Å². The predicted octanol–water partition coefficient (Wildman–Crippen LogP) is 0.909. The molecule has 0 spiro atoms. The van der Waals surface area contributed by atoms with E-state index in [-0.39, 0.29) is 0 Å². The number of rotatable bonds is 6. The third kappa shape index (κ3) is 15.6. The number of halogens is 1. The number of carbonyl (C=O) groups is 2. The van der Waals surface area contributed by atoms with Crippen LogP contribution in [0.4, 0.5) is 4.79 Å². The molecule has 0 rings (SSSR count). The number of carboxylic acids is 1. The van der Waals surface area contributed by atoms with Gasteiger partial charge in [0.15, 0.2) is 0 Å². The monoisotopic (exact) mass is 254 g/mol. The minimum absolute atomic E-state index is 0.350. The van der Waals surface area contributed by atoms with Gasteiger partial charge in [-0.25, -0.2) is 4.79 Å². The summed E-state index contributed by atoms with van der Waals surface area (Å²) in [6.07, 6.45) is 2.16. The lowest BCUT2D eigenvalue weighted by Gasteiger charge is -2.03. The Morgan fingerprint density at radius 1 is 1.44 bits per heavy atom. The van der Waals surface area contributed by atoms with Crippen LogP contribution in [0.3, 0.4) is 0 Å². The van der Waals surface area contributed by atoms with Crippen LogP contribution < -0.4 is 11.5 Å². The van der Waals surface area contributed by atoms with Crippen molar-refractivity contribution in [2.24, 2.45) is 11.5 Å². The summed E-state index contributed by atoms with van der Waals surface area (Å²) >= 11 is 4.72. The number of nitrogens with two attached hydrogens (primary N) is 2. The van der Waals surface area contributed by atoms with Gasteiger partial charge in [0.2, 0.25) is 0 Å². The van der Waals surface area contributed by atoms with Crippen molar-refractivity contribution >= 4 is 23.0 Å². The van der Waals surface area contributed by atoms with Crippen molar-refractivity contribution in [2.75, 3.05) is 13.2 Å². The standard InChI is InChI=1S/C6H14N2O2.C3H5ClO2/c7-4-2-1-3-5(8)6(9)10;1-2-6-3(4)5/h5H,1-4,7-8H2,(H,9,10);2H2,1H3. The van der Waals surface area contributed by atoms with Gasteiger partial charge in [0.1, 0.15) is 6.04 Å². The summed E-state index contributed by atoms with van der Waals surface area (Å²) in [7, 11) is 0. The van der Waals surface area contributed by atoms with E-state index in [1.165, 1.54) is 0 Å². The van der Waals surface area contributed by atoms with Gasteiger partial charge in [0.05, 0.1) is 6.61 Å². The Kier molecular flexibility index (Phi) is 13.4. The Morgan fingerprint density at radius 2 is 2.00 bits per heavy atom. The first-order valence-electron chi connectivity index (χ1n) is 4.96. The van der Waals surface area contributed by atoms with Gasteiger partial charge in [-0.3, -0.25) is 4.79 Å². The van der Waals surface area contributed by atoms with Crippen molar-refractivity contribution in [3.63, 3.8) is 0 Å². The summed E-state index contributed by atoms with van der Waals surface area (Å²) in [6.45, 7) is 2.65. The van der Waals surface area contributed by atoms with Gasteiger partial charge in [0.25, 0.3) is 0 Å². The summed E-state index contributed by atoms with van der Waals surface area (Å²) in [5.41, 5.74) is 9.68. The lowest BCUT2D eigenvalue weighted by Crippen LogP contribution is -2.29. The maximum absolute atomic E-state index is 10.1. The molecule has 7 heteroatoms. The van der Waals surface area contributed by atoms with Crippen LogP contribution in [-0.4, -0.2) is 35.7 Å². The van der Waals surface area contributed by atoms with Crippen molar-refractivity contribution in [3.8, 4) is 0 Å². The van der Waals surface area contributed by atoms with Crippen LogP contribution in [0.25, 0.3) is 0 Å². The molecule has 16 heavy (non-hydrogen) atoms. The van der Waals surface area contributed by atoms with Crippen molar-refractivity contribution in [2.45, 2.75) is 32.2 Å². The molecular weight excluding hydrogens is 236 g/mol. The highest BCUT2D eigenvalue weighted by Gasteiger charge is 2.09. The number of carboxylic acid groups (broad SMARTS) is 1. The van der Waals surface area contributed by atoms with E-state index in [0.717, 1.165) is 12.8 Å². The van der Waals surface area contributed by atoms with Gasteiger partial charge in [-0.2, -0.15) is 0 Å². The molecule has 0 fully saturated rings. The summed E-state index contributed by atoms with van der Waals surface area (Å²) in [6, 6.07) is -0.716. The fraction of sp³-hybridized carbons (Fsp3) is 0.778. The summed E-state index contributed by atoms with van der Waals surface area (Å²) in [5, 5.41) is 8.33. The second-order valence-corrected chi connectivity index (χ2v) is 3.21. The molecule has 0 aromatic heterocycles. The maximum Gasteiger partial charge on any atom is 0.403 e. The molecule has 0 amide bonds. The maximum atomic E-state index is 10.1. The number of unbranched alkanes of at least 4 members (excludes halogenated alkanes) is 1. The molecule has 0 heterocycles. The predicted molar refractivity (Wildman–Crippen MR) is 61.4 cm³/mol. The van der Waals surface area contributed by atoms with Gasteiger partial charge >= 0.3 is 11.4 Å². The zero-order valence-electron chi connectivity index (χ0n) is 9.32. The average molecular weight is 255 g/mol. The fourth-order valence-corrected chi connectivity index (χ4v) is 0.855. The summed E-state index contributed by atoms with van der Waals surface area (Å²) < 4.78 is 4.17. The molecule has 6 nitrogen and oxygen atoms in total. The zero-order chi connectivity index (χ0) is 13.0. The van der Waals surface area contributed by atoms with E-state index in [9.17, 15) is 9.59 Å². The molecule has 0 aromatic carbocycles. The fourth-order valence-electron chi connectivity index (χ4n) is 0.746. The zero-order valence-corrected chi connectivity index (χ0v) is 10.1. The molecule has 5 N–H and O–H groups in total. The van der Waals surface area contributed by atoms with Gasteiger partial charge in [-0.05, 0) is 26.3 Å². The third-order valence-corrected chi connectivity index (χ3v) is 1.65. The number of hydrogen-bond acceptors (Lipinski definition) is 5. The van der Waals surface area contributed by atoms with E-state index >= 15 is 0 Å². The molecule has 0 aromatic rings. The lowest BCUT2D eigenvalue weighted by molar-refractivity contribution is -0.138. The molecular formula is C9H19ClN2O4. The lowest BCUT2D eigenvalue weighted by atomic mass is 10.1. The molecule has 0 aliphatic heterocycles. The van der Waals surface area contributed by atoms with E-state index < -0.39 is 17.4 Å². The molecule has 1 unspecified atom stereocenters. The second kappa shape index (κ2) is 12.2. The first kappa shape index (κ1) is 17.5. The highest BCUT2D eigenvalue weighted by atomic mass is 35.5. The van der Waals surface area contributed by atoms with E-state index in [4.69, 9.17) is 28.2 Å². The van der Waals surface area contributed by atoms with Gasteiger partial charge < -0.3 is 21.3 Å². The smallest absolute Gasteiger partial charge is 0.403 e. The quantitative estimate of drug-likeness (QED) is 0.479. The summed E-state index contributed by atoms with van der Waals surface area (Å²) in [5.74, 6) is -0.933. The van der Waals surface area contributed by atoms with Crippen molar-refractivity contribution < 1.29 is 19.4 Å².